The highest BCUT2D eigenvalue weighted by atomic mass is 127. The number of alkyl halides is 1. The fraction of sp³-hybridized carbons (Fsp3) is 0.778. The van der Waals surface area contributed by atoms with E-state index in [0.717, 1.165) is 51.7 Å². The van der Waals surface area contributed by atoms with E-state index in [-0.39, 0.29) is 6.09 Å². The van der Waals surface area contributed by atoms with Crippen LogP contribution in [0.4, 0.5) is 4.79 Å². The van der Waals surface area contributed by atoms with E-state index in [2.05, 4.69) is 16.8 Å². The number of aromatic nitrogens is 2. The van der Waals surface area contributed by atoms with Gasteiger partial charge in [0.05, 0.1) is 6.61 Å². The summed E-state index contributed by atoms with van der Waals surface area (Å²) in [5, 5.41) is 8.66. The number of ketones is 2. The molecule has 9 heteroatoms. The molecule has 0 bridgehead atoms. The topological polar surface area (TPSA) is 108 Å². The molecule has 0 amide bonds. The monoisotopic (exact) mass is 869 g/mol. The van der Waals surface area contributed by atoms with E-state index < -0.39 is 0 Å². The fourth-order valence-electron chi connectivity index (χ4n) is 5.82. The number of carbonyl (C=O) groups excluding carboxylic acids is 3. The Bertz CT molecular complexity index is 1050. The van der Waals surface area contributed by atoms with Crippen LogP contribution >= 0.6 is 22.6 Å². The lowest BCUT2D eigenvalue weighted by atomic mass is 10.0. The zero-order chi connectivity index (χ0) is 40.7. The van der Waals surface area contributed by atoms with Gasteiger partial charge in [0, 0.05) is 72.1 Å². The lowest BCUT2D eigenvalue weighted by molar-refractivity contribution is -0.119. The Balaban J connectivity index is 0. The molecule has 0 aliphatic carbocycles. The molecule has 2 heterocycles. The lowest BCUT2D eigenvalue weighted by Gasteiger charge is -2.05. The Hall–Kier alpha value is -2.21. The molecule has 1 aliphatic rings. The van der Waals surface area contributed by atoms with Gasteiger partial charge in [0.1, 0.15) is 17.9 Å². The van der Waals surface area contributed by atoms with Gasteiger partial charge in [-0.2, -0.15) is 0 Å². The molecule has 0 aromatic carbocycles. The van der Waals surface area contributed by atoms with Crippen molar-refractivity contribution < 1.29 is 30.3 Å². The first kappa shape index (κ1) is 51.8. The number of unbranched alkanes of at least 4 members (excludes halogenated alkanes) is 20. The van der Waals surface area contributed by atoms with Crippen LogP contribution in [0, 0.1) is 24.7 Å². The van der Waals surface area contributed by atoms with Crippen molar-refractivity contribution in [3.63, 3.8) is 0 Å². The Morgan fingerprint density at radius 3 is 1.43 bits per heavy atom. The van der Waals surface area contributed by atoms with Crippen molar-refractivity contribution in [1.82, 2.24) is 9.55 Å². The van der Waals surface area contributed by atoms with E-state index in [1.807, 2.05) is 22.6 Å². The second kappa shape index (κ2) is 46.9. The van der Waals surface area contributed by atoms with Crippen molar-refractivity contribution in [1.29, 1.82) is 0 Å². The number of hydrogen-bond donors (Lipinski definition) is 1. The second-order valence-corrected chi connectivity index (χ2v) is 13.9. The first-order valence-electron chi connectivity index (χ1n) is 21.8. The van der Waals surface area contributed by atoms with Crippen LogP contribution in [0.1, 0.15) is 194 Å². The van der Waals surface area contributed by atoms with E-state index in [1.54, 1.807) is 12.4 Å². The Kier molecular flexibility index (Phi) is 45.0. The van der Waals surface area contributed by atoms with Crippen molar-refractivity contribution in [3.8, 4) is 24.7 Å². The summed E-state index contributed by atoms with van der Waals surface area (Å²) in [6, 6.07) is 0. The summed E-state index contributed by atoms with van der Waals surface area (Å²) in [6.45, 7) is 2.81. The number of aliphatic hydroxyl groups is 1. The van der Waals surface area contributed by atoms with Gasteiger partial charge in [0.25, 0.3) is 0 Å². The largest absolute Gasteiger partial charge is 0.449 e. The third-order valence-corrected chi connectivity index (χ3v) is 9.08. The van der Waals surface area contributed by atoms with E-state index >= 15 is 0 Å². The number of aliphatic hydroxyl groups excluding tert-OH is 1. The van der Waals surface area contributed by atoms with Crippen LogP contribution in [0.15, 0.2) is 18.7 Å². The second-order valence-electron chi connectivity index (χ2n) is 13.9. The van der Waals surface area contributed by atoms with Gasteiger partial charge < -0.3 is 14.6 Å². The predicted molar refractivity (Wildman–Crippen MR) is 233 cm³/mol. The average Bonchev–Trinajstić information content (AvgIpc) is 3.96. The molecule has 310 valence electrons. The van der Waals surface area contributed by atoms with Crippen LogP contribution in [0.2, 0.25) is 0 Å². The lowest BCUT2D eigenvalue weighted by Crippen LogP contribution is -2.12. The van der Waals surface area contributed by atoms with Gasteiger partial charge in [0.15, 0.2) is 0 Å². The minimum atomic E-state index is -0.357. The van der Waals surface area contributed by atoms with Gasteiger partial charge in [-0.25, -0.2) is 14.3 Å². The molecule has 8 nitrogen and oxygen atoms in total. The highest BCUT2D eigenvalue weighted by Crippen LogP contribution is 2.14. The van der Waals surface area contributed by atoms with Gasteiger partial charge in [-0.3, -0.25) is 9.59 Å². The number of rotatable bonds is 31. The number of Topliss-reactive ketones (excluding diaryl/α,β-unsaturated/α-hetero) is 2. The van der Waals surface area contributed by atoms with E-state index in [0.29, 0.717) is 68.2 Å². The third kappa shape index (κ3) is 42.5. The third-order valence-electron chi connectivity index (χ3n) is 9.08. The zero-order valence-electron chi connectivity index (χ0n) is 34.9. The van der Waals surface area contributed by atoms with Crippen molar-refractivity contribution >= 4 is 40.3 Å². The summed E-state index contributed by atoms with van der Waals surface area (Å²) >= 11 is 1.96. The molecule has 0 spiro atoms. The molecule has 1 aromatic rings. The van der Waals surface area contributed by atoms with Crippen molar-refractivity contribution in [2.24, 2.45) is 0 Å². The Morgan fingerprint density at radius 1 is 0.704 bits per heavy atom. The van der Waals surface area contributed by atoms with Crippen molar-refractivity contribution in [2.75, 3.05) is 31.3 Å². The molecule has 1 aliphatic heterocycles. The van der Waals surface area contributed by atoms with Crippen LogP contribution in [-0.2, 0) is 19.1 Å². The minimum Gasteiger partial charge on any atom is -0.449 e. The van der Waals surface area contributed by atoms with Crippen LogP contribution in [0.25, 0.3) is 0 Å². The Labute approximate surface area is 346 Å². The van der Waals surface area contributed by atoms with Crippen LogP contribution in [0.5, 0.6) is 0 Å². The van der Waals surface area contributed by atoms with Crippen molar-refractivity contribution in [3.05, 3.63) is 18.7 Å². The van der Waals surface area contributed by atoms with E-state index in [4.69, 9.17) is 28.8 Å². The van der Waals surface area contributed by atoms with Gasteiger partial charge in [-0.05, 0) is 43.4 Å². The molecule has 1 aromatic heterocycles. The summed E-state index contributed by atoms with van der Waals surface area (Å²) < 4.78 is 17.7. The molecule has 1 fully saturated rings. The summed E-state index contributed by atoms with van der Waals surface area (Å²) in [5.41, 5.74) is 0. The SMILES string of the molecule is C#CCCC(=O)CCCCCCCCCCCCCO.C#CCCC(=O)CCCCCCCCCCCCCOC(=O)n1ccnc1.C1CCOC1.[2H]CI. The summed E-state index contributed by atoms with van der Waals surface area (Å²) in [7, 11) is 0. The van der Waals surface area contributed by atoms with Crippen molar-refractivity contribution in [2.45, 2.75) is 193 Å². The average molecular weight is 870 g/mol. The van der Waals surface area contributed by atoms with Crippen LogP contribution < -0.4 is 0 Å². The molecule has 1 N–H and O–H groups in total. The molecule has 0 unspecified atom stereocenters. The van der Waals surface area contributed by atoms with Crippen LogP contribution in [-0.4, -0.2) is 63.7 Å². The molecule has 0 radical (unpaired) electrons. The molecule has 54 heavy (non-hydrogen) atoms. The normalized spacial score (nSPS) is 11.7. The molecule has 0 atom stereocenters. The maximum absolute atomic E-state index is 11.6. The number of ether oxygens (including phenoxy) is 2. The predicted octanol–water partition coefficient (Wildman–Crippen LogP) is 12.0. The summed E-state index contributed by atoms with van der Waals surface area (Å²) in [4.78, 5) is 38.7. The summed E-state index contributed by atoms with van der Waals surface area (Å²) in [6.07, 6.45) is 47.2. The first-order chi connectivity index (χ1) is 27.0. The molecular weight excluding hydrogens is 791 g/mol. The maximum Gasteiger partial charge on any atom is 0.419 e. The highest BCUT2D eigenvalue weighted by molar-refractivity contribution is 14.1. The van der Waals surface area contributed by atoms with Gasteiger partial charge >= 0.3 is 6.09 Å². The minimum absolute atomic E-state index is 0.310. The molecule has 2 rings (SSSR count). The van der Waals surface area contributed by atoms with Gasteiger partial charge in [0.2, 0.25) is 0 Å². The van der Waals surface area contributed by atoms with Gasteiger partial charge in [-0.1, -0.05) is 138 Å². The Morgan fingerprint density at radius 2 is 1.09 bits per heavy atom. The summed E-state index contributed by atoms with van der Waals surface area (Å²) in [5.74, 6) is 5.66. The quantitative estimate of drug-likeness (QED) is 0.0343. The standard InChI is InChI=1S/C22H34N2O3.C18H32O2.C4H8O.CH3I/c1-2-3-15-21(25)16-13-11-9-7-5-4-6-8-10-12-14-19-27-22(26)24-18-17-23-20-24;1-2-3-15-18(20)16-13-11-9-7-5-4-6-8-10-12-14-17-19;1-2-4-5-3-1;1-2/h1,17-18,20H,3-16,19H2;1,19H,3-17H2;1-4H2;1H3/i;;;1D. The fourth-order valence-corrected chi connectivity index (χ4v) is 5.82. The number of carbonyl (C=O) groups is 3. The van der Waals surface area contributed by atoms with Crippen LogP contribution in [0.3, 0.4) is 0 Å². The number of hydrogen-bond acceptors (Lipinski definition) is 7. The maximum atomic E-state index is 11.6. The zero-order valence-corrected chi connectivity index (χ0v) is 36.1. The van der Waals surface area contributed by atoms with Gasteiger partial charge in [-0.15, -0.1) is 24.7 Å². The number of halogens is 1. The number of terminal acetylenes is 2. The van der Waals surface area contributed by atoms with E-state index in [9.17, 15) is 14.4 Å². The number of nitrogens with zero attached hydrogens (tertiary/aromatic N) is 2. The molecule has 0 saturated carbocycles. The smallest absolute Gasteiger partial charge is 0.419 e. The first-order valence-corrected chi connectivity index (χ1v) is 22.6. The molecular formula is C45H77IN2O6. The molecule has 1 saturated heterocycles. The van der Waals surface area contributed by atoms with E-state index in [1.165, 1.54) is 126 Å². The highest BCUT2D eigenvalue weighted by Gasteiger charge is 2.04. The number of imidazole rings is 1.